The van der Waals surface area contributed by atoms with Crippen LogP contribution in [0.25, 0.3) is 5.76 Å². The summed E-state index contributed by atoms with van der Waals surface area (Å²) in [5, 5.41) is 0.845. The van der Waals surface area contributed by atoms with E-state index in [0.717, 1.165) is 5.06 Å². The van der Waals surface area contributed by atoms with E-state index in [1.54, 1.807) is 30.3 Å². The van der Waals surface area contributed by atoms with Crippen molar-refractivity contribution in [2.24, 2.45) is 0 Å². The first-order valence-electron chi connectivity index (χ1n) is 5.15. The first kappa shape index (κ1) is 12.0. The Labute approximate surface area is 97.2 Å². The number of likely N-dealkylation sites (N-methyl/N-ethyl adjacent to an activating group) is 1. The highest BCUT2D eigenvalue weighted by atomic mass is 19.4. The van der Waals surface area contributed by atoms with Crippen LogP contribution in [-0.4, -0.2) is 24.3 Å². The Morgan fingerprint density at radius 2 is 1.76 bits per heavy atom. The van der Waals surface area contributed by atoms with Gasteiger partial charge in [-0.15, -0.1) is 5.06 Å². The van der Waals surface area contributed by atoms with Crippen molar-refractivity contribution in [1.29, 1.82) is 0 Å². The van der Waals surface area contributed by atoms with Gasteiger partial charge in [-0.2, -0.15) is 13.2 Å². The molecule has 0 aromatic heterocycles. The smallest absolute Gasteiger partial charge is 0.405 e. The minimum Gasteiger partial charge on any atom is -0.405 e. The van der Waals surface area contributed by atoms with Gasteiger partial charge in [0.2, 0.25) is 0 Å². The number of alkyl halides is 3. The molecule has 0 aliphatic carbocycles. The molecular formula is C12H12F3NO. The summed E-state index contributed by atoms with van der Waals surface area (Å²) in [5.41, 5.74) is 0.842. The third-order valence-corrected chi connectivity index (χ3v) is 2.71. The standard InChI is InChI=1S/C12H12F3NO/c1-8-10(9-6-4-3-5-7-9)17-16(2)11(8)12(13,14)15/h3-7,11H,1-2H3. The molecule has 92 valence electrons. The maximum atomic E-state index is 12.8. The van der Waals surface area contributed by atoms with Gasteiger partial charge in [0.15, 0.2) is 11.8 Å². The molecule has 17 heavy (non-hydrogen) atoms. The molecule has 0 saturated heterocycles. The van der Waals surface area contributed by atoms with E-state index < -0.39 is 12.2 Å². The summed E-state index contributed by atoms with van der Waals surface area (Å²) in [6.07, 6.45) is -4.32. The lowest BCUT2D eigenvalue weighted by molar-refractivity contribution is -0.215. The summed E-state index contributed by atoms with van der Waals surface area (Å²) < 4.78 is 38.4. The number of hydroxylamine groups is 2. The molecular weight excluding hydrogens is 231 g/mol. The second-order valence-corrected chi connectivity index (χ2v) is 3.96. The molecule has 0 bridgehead atoms. The summed E-state index contributed by atoms with van der Waals surface area (Å²) in [6, 6.07) is 7.12. The van der Waals surface area contributed by atoms with Crippen LogP contribution in [0.5, 0.6) is 0 Å². The van der Waals surface area contributed by atoms with Crippen molar-refractivity contribution < 1.29 is 18.0 Å². The van der Waals surface area contributed by atoms with E-state index in [1.807, 2.05) is 0 Å². The lowest BCUT2D eigenvalue weighted by Gasteiger charge is -2.21. The van der Waals surface area contributed by atoms with Gasteiger partial charge in [-0.3, -0.25) is 0 Å². The fourth-order valence-corrected chi connectivity index (χ4v) is 1.99. The van der Waals surface area contributed by atoms with Crippen LogP contribution in [0, 0.1) is 0 Å². The molecule has 0 fully saturated rings. The molecule has 0 saturated carbocycles. The lowest BCUT2D eigenvalue weighted by atomic mass is 10.0. The maximum Gasteiger partial charge on any atom is 0.411 e. The zero-order valence-electron chi connectivity index (χ0n) is 9.45. The van der Waals surface area contributed by atoms with Gasteiger partial charge < -0.3 is 4.84 Å². The second kappa shape index (κ2) is 4.07. The minimum atomic E-state index is -4.32. The Kier molecular flexibility index (Phi) is 2.87. The topological polar surface area (TPSA) is 12.5 Å². The van der Waals surface area contributed by atoms with Crippen molar-refractivity contribution in [3.8, 4) is 0 Å². The van der Waals surface area contributed by atoms with Crippen molar-refractivity contribution in [1.82, 2.24) is 5.06 Å². The zero-order chi connectivity index (χ0) is 12.6. The first-order valence-corrected chi connectivity index (χ1v) is 5.15. The van der Waals surface area contributed by atoms with Gasteiger partial charge in [0.25, 0.3) is 0 Å². The van der Waals surface area contributed by atoms with Gasteiger partial charge >= 0.3 is 6.18 Å². The molecule has 1 aromatic carbocycles. The van der Waals surface area contributed by atoms with E-state index in [1.165, 1.54) is 14.0 Å². The molecule has 1 unspecified atom stereocenters. The van der Waals surface area contributed by atoms with Crippen LogP contribution in [0.4, 0.5) is 13.2 Å². The molecule has 0 spiro atoms. The SMILES string of the molecule is CC1=C(c2ccccc2)ON(C)C1C(F)(F)F. The highest BCUT2D eigenvalue weighted by molar-refractivity contribution is 5.65. The molecule has 1 aliphatic rings. The van der Waals surface area contributed by atoms with Gasteiger partial charge in [0.1, 0.15) is 0 Å². The molecule has 5 heteroatoms. The third-order valence-electron chi connectivity index (χ3n) is 2.71. The number of hydrogen-bond donors (Lipinski definition) is 0. The molecule has 0 radical (unpaired) electrons. The van der Waals surface area contributed by atoms with Crippen LogP contribution in [0.15, 0.2) is 35.9 Å². The van der Waals surface area contributed by atoms with Crippen LogP contribution in [0.1, 0.15) is 12.5 Å². The van der Waals surface area contributed by atoms with E-state index in [9.17, 15) is 13.2 Å². The van der Waals surface area contributed by atoms with Gasteiger partial charge in [-0.25, -0.2) is 0 Å². The minimum absolute atomic E-state index is 0.186. The van der Waals surface area contributed by atoms with Crippen LogP contribution in [0.2, 0.25) is 0 Å². The first-order chi connectivity index (χ1) is 7.91. The second-order valence-electron chi connectivity index (χ2n) is 3.96. The average molecular weight is 243 g/mol. The predicted molar refractivity (Wildman–Crippen MR) is 57.7 cm³/mol. The molecule has 2 rings (SSSR count). The van der Waals surface area contributed by atoms with Crippen molar-refractivity contribution in [2.75, 3.05) is 7.05 Å². The molecule has 2 nitrogen and oxygen atoms in total. The number of halogens is 3. The van der Waals surface area contributed by atoms with E-state index in [4.69, 9.17) is 4.84 Å². The normalized spacial score (nSPS) is 21.8. The largest absolute Gasteiger partial charge is 0.411 e. The van der Waals surface area contributed by atoms with Crippen molar-refractivity contribution in [2.45, 2.75) is 19.1 Å². The lowest BCUT2D eigenvalue weighted by Crippen LogP contribution is -2.39. The summed E-state index contributed by atoms with van der Waals surface area (Å²) in [4.78, 5) is 5.19. The summed E-state index contributed by atoms with van der Waals surface area (Å²) >= 11 is 0. The maximum absolute atomic E-state index is 12.8. The molecule has 1 aromatic rings. The fraction of sp³-hybridized carbons (Fsp3) is 0.333. The highest BCUT2D eigenvalue weighted by Gasteiger charge is 2.49. The average Bonchev–Trinajstić information content (AvgIpc) is 2.54. The summed E-state index contributed by atoms with van der Waals surface area (Å²) in [5.74, 6) is 0.287. The van der Waals surface area contributed by atoms with Gasteiger partial charge in [-0.1, -0.05) is 30.3 Å². The van der Waals surface area contributed by atoms with Crippen LogP contribution < -0.4 is 0 Å². The Morgan fingerprint density at radius 1 is 1.18 bits per heavy atom. The Morgan fingerprint density at radius 3 is 2.24 bits per heavy atom. The predicted octanol–water partition coefficient (Wildman–Crippen LogP) is 3.23. The van der Waals surface area contributed by atoms with Crippen LogP contribution in [-0.2, 0) is 4.84 Å². The highest BCUT2D eigenvalue weighted by Crippen LogP contribution is 2.39. The summed E-state index contributed by atoms with van der Waals surface area (Å²) in [6.45, 7) is 1.45. The van der Waals surface area contributed by atoms with Crippen molar-refractivity contribution >= 4 is 5.76 Å². The third kappa shape index (κ3) is 2.15. The van der Waals surface area contributed by atoms with E-state index >= 15 is 0 Å². The van der Waals surface area contributed by atoms with E-state index in [2.05, 4.69) is 0 Å². The quantitative estimate of drug-likeness (QED) is 0.750. The fourth-order valence-electron chi connectivity index (χ4n) is 1.99. The zero-order valence-corrected chi connectivity index (χ0v) is 9.45. The van der Waals surface area contributed by atoms with Gasteiger partial charge in [-0.05, 0) is 6.92 Å². The van der Waals surface area contributed by atoms with Crippen molar-refractivity contribution in [3.05, 3.63) is 41.5 Å². The number of benzene rings is 1. The monoisotopic (exact) mass is 243 g/mol. The number of hydrogen-bond acceptors (Lipinski definition) is 2. The molecule has 0 N–H and O–H groups in total. The van der Waals surface area contributed by atoms with Crippen LogP contribution >= 0.6 is 0 Å². The Balaban J connectivity index is 2.40. The molecule has 1 atom stereocenters. The van der Waals surface area contributed by atoms with Gasteiger partial charge in [0.05, 0.1) is 0 Å². The Hall–Kier alpha value is -1.49. The number of nitrogens with zero attached hydrogens (tertiary/aromatic N) is 1. The van der Waals surface area contributed by atoms with Gasteiger partial charge in [0, 0.05) is 18.2 Å². The molecule has 0 amide bonds. The van der Waals surface area contributed by atoms with Crippen molar-refractivity contribution in [3.63, 3.8) is 0 Å². The Bertz CT molecular complexity index is 439. The molecule has 1 aliphatic heterocycles. The van der Waals surface area contributed by atoms with E-state index in [0.29, 0.717) is 5.56 Å². The van der Waals surface area contributed by atoms with E-state index in [-0.39, 0.29) is 11.3 Å². The summed E-state index contributed by atoms with van der Waals surface area (Å²) in [7, 11) is 1.29. The molecule has 1 heterocycles. The number of rotatable bonds is 1. The van der Waals surface area contributed by atoms with Crippen LogP contribution in [0.3, 0.4) is 0 Å².